The van der Waals surface area contributed by atoms with Gasteiger partial charge < -0.3 is 10.6 Å². The summed E-state index contributed by atoms with van der Waals surface area (Å²) < 4.78 is 25.9. The molecule has 0 radical (unpaired) electrons. The Morgan fingerprint density at radius 3 is 2.47 bits per heavy atom. The van der Waals surface area contributed by atoms with Gasteiger partial charge in [-0.2, -0.15) is 0 Å². The fraction of sp³-hybridized carbons (Fsp3) is 0.538. The Bertz CT molecular complexity index is 340. The van der Waals surface area contributed by atoms with Gasteiger partial charge in [-0.25, -0.2) is 8.78 Å². The summed E-state index contributed by atoms with van der Waals surface area (Å²) in [4.78, 5) is 0. The van der Waals surface area contributed by atoms with E-state index >= 15 is 0 Å². The van der Waals surface area contributed by atoms with Crippen molar-refractivity contribution in [2.24, 2.45) is 5.92 Å². The van der Waals surface area contributed by atoms with E-state index in [1.54, 1.807) is 0 Å². The fourth-order valence-electron chi connectivity index (χ4n) is 1.46. The van der Waals surface area contributed by atoms with Crippen LogP contribution in [-0.2, 0) is 6.54 Å². The van der Waals surface area contributed by atoms with Gasteiger partial charge >= 0.3 is 0 Å². The van der Waals surface area contributed by atoms with Gasteiger partial charge in [0.2, 0.25) is 0 Å². The Hall–Kier alpha value is -1.00. The highest BCUT2D eigenvalue weighted by molar-refractivity contribution is 5.18. The van der Waals surface area contributed by atoms with Gasteiger partial charge in [0.25, 0.3) is 0 Å². The first-order chi connectivity index (χ1) is 8.09. The molecule has 17 heavy (non-hydrogen) atoms. The number of benzene rings is 1. The lowest BCUT2D eigenvalue weighted by molar-refractivity contribution is 0.527. The molecule has 0 aliphatic rings. The normalized spacial score (nSPS) is 11.1. The van der Waals surface area contributed by atoms with E-state index in [9.17, 15) is 8.78 Å². The van der Waals surface area contributed by atoms with Crippen LogP contribution in [0, 0.1) is 17.6 Å². The maximum Gasteiger partial charge on any atom is 0.130 e. The lowest BCUT2D eigenvalue weighted by Gasteiger charge is -2.09. The average Bonchev–Trinajstić information content (AvgIpc) is 2.25. The first-order valence-electron chi connectivity index (χ1n) is 5.95. The van der Waals surface area contributed by atoms with E-state index in [1.807, 2.05) is 0 Å². The van der Waals surface area contributed by atoms with E-state index < -0.39 is 11.6 Å². The third-order valence-corrected chi connectivity index (χ3v) is 2.36. The molecule has 1 aromatic rings. The number of hydrogen-bond donors (Lipinski definition) is 2. The van der Waals surface area contributed by atoms with Gasteiger partial charge in [-0.15, -0.1) is 0 Å². The van der Waals surface area contributed by atoms with Crippen molar-refractivity contribution < 1.29 is 8.78 Å². The predicted molar refractivity (Wildman–Crippen MR) is 65.8 cm³/mol. The van der Waals surface area contributed by atoms with E-state index in [1.165, 1.54) is 12.1 Å². The second-order valence-electron chi connectivity index (χ2n) is 4.51. The summed E-state index contributed by atoms with van der Waals surface area (Å²) in [7, 11) is 0. The van der Waals surface area contributed by atoms with Gasteiger partial charge in [0, 0.05) is 31.3 Å². The highest BCUT2D eigenvalue weighted by Gasteiger charge is 2.02. The van der Waals surface area contributed by atoms with Crippen LogP contribution in [0.3, 0.4) is 0 Å². The van der Waals surface area contributed by atoms with Gasteiger partial charge in [0.15, 0.2) is 0 Å². The van der Waals surface area contributed by atoms with Crippen LogP contribution in [0.2, 0.25) is 0 Å². The average molecular weight is 242 g/mol. The molecule has 0 bridgehead atoms. The van der Waals surface area contributed by atoms with Crippen LogP contribution in [0.4, 0.5) is 8.78 Å². The van der Waals surface area contributed by atoms with Crippen LogP contribution in [0.15, 0.2) is 18.2 Å². The summed E-state index contributed by atoms with van der Waals surface area (Å²) in [6.45, 7) is 7.31. The van der Waals surface area contributed by atoms with Crippen molar-refractivity contribution in [2.45, 2.75) is 20.4 Å². The van der Waals surface area contributed by atoms with Gasteiger partial charge in [0.05, 0.1) is 0 Å². The molecular formula is C13H20F2N2. The topological polar surface area (TPSA) is 24.1 Å². The maximum absolute atomic E-state index is 13.2. The van der Waals surface area contributed by atoms with E-state index in [2.05, 4.69) is 24.5 Å². The van der Waals surface area contributed by atoms with Crippen molar-refractivity contribution >= 4 is 0 Å². The van der Waals surface area contributed by atoms with Crippen LogP contribution < -0.4 is 10.6 Å². The molecule has 0 aliphatic heterocycles. The number of rotatable bonds is 7. The van der Waals surface area contributed by atoms with E-state index in [0.29, 0.717) is 18.0 Å². The summed E-state index contributed by atoms with van der Waals surface area (Å²) in [5.74, 6) is -0.401. The molecule has 0 amide bonds. The van der Waals surface area contributed by atoms with E-state index in [-0.39, 0.29) is 0 Å². The highest BCUT2D eigenvalue weighted by atomic mass is 19.1. The van der Waals surface area contributed by atoms with Crippen LogP contribution >= 0.6 is 0 Å². The number of hydrogen-bond acceptors (Lipinski definition) is 2. The summed E-state index contributed by atoms with van der Waals surface area (Å²) in [6, 6.07) is 3.66. The molecule has 0 heterocycles. The van der Waals surface area contributed by atoms with Crippen LogP contribution in [0.5, 0.6) is 0 Å². The minimum atomic E-state index is -0.537. The zero-order chi connectivity index (χ0) is 12.7. The lowest BCUT2D eigenvalue weighted by Crippen LogP contribution is -2.29. The van der Waals surface area contributed by atoms with Gasteiger partial charge in [-0.1, -0.05) is 19.9 Å². The third-order valence-electron chi connectivity index (χ3n) is 2.36. The fourth-order valence-corrected chi connectivity index (χ4v) is 1.46. The number of halogens is 2. The molecule has 2 nitrogen and oxygen atoms in total. The van der Waals surface area contributed by atoms with Crippen molar-refractivity contribution in [1.82, 2.24) is 10.6 Å². The largest absolute Gasteiger partial charge is 0.315 e. The Balaban J connectivity index is 2.18. The van der Waals surface area contributed by atoms with Crippen LogP contribution in [0.1, 0.15) is 19.4 Å². The molecule has 0 spiro atoms. The van der Waals surface area contributed by atoms with E-state index in [0.717, 1.165) is 25.7 Å². The molecule has 0 saturated carbocycles. The lowest BCUT2D eigenvalue weighted by atomic mass is 10.2. The van der Waals surface area contributed by atoms with Crippen molar-refractivity contribution in [2.75, 3.05) is 19.6 Å². The second-order valence-corrected chi connectivity index (χ2v) is 4.51. The van der Waals surface area contributed by atoms with Gasteiger partial charge in [-0.3, -0.25) is 0 Å². The molecule has 1 aromatic carbocycles. The first kappa shape index (κ1) is 14.1. The Morgan fingerprint density at radius 2 is 1.82 bits per heavy atom. The molecule has 0 aliphatic carbocycles. The Kier molecular flexibility index (Phi) is 6.08. The predicted octanol–water partition coefficient (Wildman–Crippen LogP) is 2.30. The molecule has 0 saturated heterocycles. The Morgan fingerprint density at radius 1 is 1.12 bits per heavy atom. The molecule has 2 N–H and O–H groups in total. The highest BCUT2D eigenvalue weighted by Crippen LogP contribution is 2.08. The Labute approximate surface area is 101 Å². The standard InChI is InChI=1S/C13H20F2N2/c1-10(2)8-16-5-6-17-9-11-3-4-12(14)7-13(11)15/h3-4,7,10,16-17H,5-6,8-9H2,1-2H3. The molecule has 0 atom stereocenters. The molecular weight excluding hydrogens is 222 g/mol. The monoisotopic (exact) mass is 242 g/mol. The smallest absolute Gasteiger partial charge is 0.130 e. The van der Waals surface area contributed by atoms with Crippen LogP contribution in [-0.4, -0.2) is 19.6 Å². The maximum atomic E-state index is 13.2. The van der Waals surface area contributed by atoms with Crippen molar-refractivity contribution in [3.05, 3.63) is 35.4 Å². The molecule has 0 unspecified atom stereocenters. The second kappa shape index (κ2) is 7.35. The number of nitrogens with one attached hydrogen (secondary N) is 2. The van der Waals surface area contributed by atoms with Gasteiger partial charge in [0.1, 0.15) is 11.6 Å². The third kappa shape index (κ3) is 5.75. The van der Waals surface area contributed by atoms with E-state index in [4.69, 9.17) is 0 Å². The zero-order valence-corrected chi connectivity index (χ0v) is 10.4. The van der Waals surface area contributed by atoms with Crippen LogP contribution in [0.25, 0.3) is 0 Å². The summed E-state index contributed by atoms with van der Waals surface area (Å²) in [5.41, 5.74) is 0.496. The molecule has 0 fully saturated rings. The molecule has 0 aromatic heterocycles. The van der Waals surface area contributed by atoms with Crippen molar-refractivity contribution in [3.63, 3.8) is 0 Å². The minimum absolute atomic E-state index is 0.426. The summed E-state index contributed by atoms with van der Waals surface area (Å²) in [5, 5.41) is 6.39. The van der Waals surface area contributed by atoms with Crippen molar-refractivity contribution in [1.29, 1.82) is 0 Å². The SMILES string of the molecule is CC(C)CNCCNCc1ccc(F)cc1F. The summed E-state index contributed by atoms with van der Waals surface area (Å²) >= 11 is 0. The molecule has 96 valence electrons. The first-order valence-corrected chi connectivity index (χ1v) is 5.95. The summed E-state index contributed by atoms with van der Waals surface area (Å²) in [6.07, 6.45) is 0. The van der Waals surface area contributed by atoms with Crippen molar-refractivity contribution in [3.8, 4) is 0 Å². The molecule has 1 rings (SSSR count). The van der Waals surface area contributed by atoms with Gasteiger partial charge in [-0.05, 0) is 18.5 Å². The minimum Gasteiger partial charge on any atom is -0.315 e. The quantitative estimate of drug-likeness (QED) is 0.717. The molecule has 4 heteroatoms. The zero-order valence-electron chi connectivity index (χ0n) is 10.4.